The van der Waals surface area contributed by atoms with Crippen LogP contribution in [0.2, 0.25) is 0 Å². The molecule has 1 aliphatic heterocycles. The van der Waals surface area contributed by atoms with Crippen LogP contribution in [-0.4, -0.2) is 25.4 Å². The molecule has 1 aliphatic rings. The third kappa shape index (κ3) is 3.79. The van der Waals surface area contributed by atoms with Crippen molar-refractivity contribution >= 4 is 17.7 Å². The van der Waals surface area contributed by atoms with Crippen LogP contribution < -0.4 is 14.8 Å². The number of benzene rings is 2. The number of carbonyl (C=O) groups is 1. The molecule has 0 fully saturated rings. The normalized spacial score (nSPS) is 16.3. The van der Waals surface area contributed by atoms with E-state index >= 15 is 0 Å². The molecular weight excluding hydrogens is 310 g/mol. The molecular formula is C18H19NO3S. The Labute approximate surface area is 140 Å². The van der Waals surface area contributed by atoms with Gasteiger partial charge < -0.3 is 14.8 Å². The van der Waals surface area contributed by atoms with Gasteiger partial charge in [-0.05, 0) is 30.2 Å². The maximum Gasteiger partial charge on any atom is 0.258 e. The molecule has 0 radical (unpaired) electrons. The third-order valence-electron chi connectivity index (χ3n) is 3.72. The fourth-order valence-electron chi connectivity index (χ4n) is 2.61. The van der Waals surface area contributed by atoms with Crippen molar-refractivity contribution in [2.75, 3.05) is 19.5 Å². The Bertz CT molecular complexity index is 689. The lowest BCUT2D eigenvalue weighted by atomic mass is 10.0. The van der Waals surface area contributed by atoms with Crippen molar-refractivity contribution in [2.45, 2.75) is 17.4 Å². The first kappa shape index (κ1) is 15.7. The molecule has 1 heterocycles. The summed E-state index contributed by atoms with van der Waals surface area (Å²) in [4.78, 5) is 13.5. The van der Waals surface area contributed by atoms with Crippen LogP contribution in [-0.2, 0) is 4.79 Å². The Morgan fingerprint density at radius 2 is 1.91 bits per heavy atom. The predicted octanol–water partition coefficient (Wildman–Crippen LogP) is 3.43. The lowest BCUT2D eigenvalue weighted by molar-refractivity contribution is -0.123. The minimum atomic E-state index is -0.123. The number of thioether (sulfide) groups is 1. The van der Waals surface area contributed by atoms with Crippen LogP contribution in [0.15, 0.2) is 53.4 Å². The van der Waals surface area contributed by atoms with Crippen LogP contribution in [0.3, 0.4) is 0 Å². The van der Waals surface area contributed by atoms with E-state index in [1.165, 1.54) is 10.5 Å². The second kappa shape index (κ2) is 7.42. The highest BCUT2D eigenvalue weighted by atomic mass is 32.2. The summed E-state index contributed by atoms with van der Waals surface area (Å²) in [5.74, 6) is 2.09. The summed E-state index contributed by atoms with van der Waals surface area (Å²) in [6, 6.07) is 15.6. The highest BCUT2D eigenvalue weighted by molar-refractivity contribution is 7.99. The molecule has 120 valence electrons. The van der Waals surface area contributed by atoms with Gasteiger partial charge in [0, 0.05) is 10.6 Å². The van der Waals surface area contributed by atoms with Gasteiger partial charge in [0.25, 0.3) is 5.91 Å². The molecule has 1 N–H and O–H groups in total. The van der Waals surface area contributed by atoms with Crippen LogP contribution in [0.5, 0.6) is 11.5 Å². The van der Waals surface area contributed by atoms with Gasteiger partial charge in [0.15, 0.2) is 18.1 Å². The van der Waals surface area contributed by atoms with Crippen LogP contribution in [0.25, 0.3) is 0 Å². The largest absolute Gasteiger partial charge is 0.493 e. The zero-order valence-electron chi connectivity index (χ0n) is 13.0. The molecule has 23 heavy (non-hydrogen) atoms. The SMILES string of the molecule is COc1ccccc1OCC(=O)N[C@@H]1CCSc2ccccc21. The van der Waals surface area contributed by atoms with Gasteiger partial charge in [0.2, 0.25) is 0 Å². The number of hydrogen-bond acceptors (Lipinski definition) is 4. The molecule has 3 rings (SSSR count). The lowest BCUT2D eigenvalue weighted by Crippen LogP contribution is -2.34. The monoisotopic (exact) mass is 329 g/mol. The third-order valence-corrected chi connectivity index (χ3v) is 4.84. The molecule has 0 bridgehead atoms. The van der Waals surface area contributed by atoms with E-state index in [9.17, 15) is 4.79 Å². The molecule has 0 spiro atoms. The second-order valence-corrected chi connectivity index (χ2v) is 6.37. The van der Waals surface area contributed by atoms with Gasteiger partial charge in [-0.25, -0.2) is 0 Å². The van der Waals surface area contributed by atoms with Gasteiger partial charge >= 0.3 is 0 Å². The molecule has 0 aliphatic carbocycles. The first-order valence-corrected chi connectivity index (χ1v) is 8.53. The molecule has 0 unspecified atom stereocenters. The summed E-state index contributed by atoms with van der Waals surface area (Å²) >= 11 is 1.84. The summed E-state index contributed by atoms with van der Waals surface area (Å²) in [5.41, 5.74) is 1.19. The summed E-state index contributed by atoms with van der Waals surface area (Å²) in [6.45, 7) is -0.0216. The number of amides is 1. The van der Waals surface area contributed by atoms with Gasteiger partial charge in [0.1, 0.15) is 0 Å². The Morgan fingerprint density at radius 3 is 2.74 bits per heavy atom. The maximum atomic E-state index is 12.2. The Hall–Kier alpha value is -2.14. The predicted molar refractivity (Wildman–Crippen MR) is 91.2 cm³/mol. The molecule has 0 saturated heterocycles. The first-order chi connectivity index (χ1) is 11.3. The summed E-state index contributed by atoms with van der Waals surface area (Å²) in [6.07, 6.45) is 0.933. The number of methoxy groups -OCH3 is 1. The molecule has 1 amide bonds. The Kier molecular flexibility index (Phi) is 5.08. The Balaban J connectivity index is 1.60. The number of hydrogen-bond donors (Lipinski definition) is 1. The molecule has 0 saturated carbocycles. The molecule has 4 nitrogen and oxygen atoms in total. The van der Waals surface area contributed by atoms with Crippen molar-refractivity contribution < 1.29 is 14.3 Å². The van der Waals surface area contributed by atoms with Crippen LogP contribution >= 0.6 is 11.8 Å². The second-order valence-electron chi connectivity index (χ2n) is 5.23. The average Bonchev–Trinajstić information content (AvgIpc) is 2.60. The zero-order valence-corrected chi connectivity index (χ0v) is 13.8. The zero-order chi connectivity index (χ0) is 16.1. The van der Waals surface area contributed by atoms with Crippen LogP contribution in [0.4, 0.5) is 0 Å². The highest BCUT2D eigenvalue weighted by Crippen LogP contribution is 2.35. The summed E-state index contributed by atoms with van der Waals surface area (Å²) < 4.78 is 10.8. The lowest BCUT2D eigenvalue weighted by Gasteiger charge is -2.25. The molecule has 2 aromatic carbocycles. The topological polar surface area (TPSA) is 47.6 Å². The van der Waals surface area contributed by atoms with Gasteiger partial charge in [-0.3, -0.25) is 4.79 Å². The standard InChI is InChI=1S/C18H19NO3S/c1-21-15-7-3-4-8-16(15)22-12-18(20)19-14-10-11-23-17-9-5-2-6-13(14)17/h2-9,14H,10-12H2,1H3,(H,19,20)/t14-/m1/s1. The number of carbonyl (C=O) groups excluding carboxylic acids is 1. The van der Waals surface area contributed by atoms with Crippen molar-refractivity contribution in [3.05, 3.63) is 54.1 Å². The number of rotatable bonds is 5. The molecule has 5 heteroatoms. The fraction of sp³-hybridized carbons (Fsp3) is 0.278. The molecule has 2 aromatic rings. The van der Waals surface area contributed by atoms with E-state index in [0.717, 1.165) is 12.2 Å². The van der Waals surface area contributed by atoms with Crippen LogP contribution in [0, 0.1) is 0 Å². The maximum absolute atomic E-state index is 12.2. The fourth-order valence-corrected chi connectivity index (χ4v) is 3.73. The van der Waals surface area contributed by atoms with E-state index in [1.807, 2.05) is 42.1 Å². The molecule has 1 atom stereocenters. The number of ether oxygens (including phenoxy) is 2. The van der Waals surface area contributed by atoms with E-state index in [1.54, 1.807) is 13.2 Å². The van der Waals surface area contributed by atoms with Gasteiger partial charge in [-0.1, -0.05) is 30.3 Å². The van der Waals surface area contributed by atoms with Crippen molar-refractivity contribution in [3.63, 3.8) is 0 Å². The smallest absolute Gasteiger partial charge is 0.258 e. The van der Waals surface area contributed by atoms with Gasteiger partial charge in [-0.15, -0.1) is 11.8 Å². The quantitative estimate of drug-likeness (QED) is 0.913. The number of nitrogens with one attached hydrogen (secondary N) is 1. The minimum absolute atomic E-state index is 0.0216. The number of fused-ring (bicyclic) bond motifs is 1. The number of para-hydroxylation sites is 2. The summed E-state index contributed by atoms with van der Waals surface area (Å²) in [7, 11) is 1.58. The average molecular weight is 329 g/mol. The van der Waals surface area contributed by atoms with E-state index in [4.69, 9.17) is 9.47 Å². The van der Waals surface area contributed by atoms with E-state index in [2.05, 4.69) is 17.4 Å². The van der Waals surface area contributed by atoms with E-state index in [0.29, 0.717) is 11.5 Å². The highest BCUT2D eigenvalue weighted by Gasteiger charge is 2.22. The van der Waals surface area contributed by atoms with Crippen LogP contribution in [0.1, 0.15) is 18.0 Å². The van der Waals surface area contributed by atoms with Gasteiger partial charge in [-0.2, -0.15) is 0 Å². The van der Waals surface area contributed by atoms with Crippen molar-refractivity contribution in [2.24, 2.45) is 0 Å². The van der Waals surface area contributed by atoms with Crippen molar-refractivity contribution in [1.29, 1.82) is 0 Å². The Morgan fingerprint density at radius 1 is 1.17 bits per heavy atom. The minimum Gasteiger partial charge on any atom is -0.493 e. The van der Waals surface area contributed by atoms with Crippen molar-refractivity contribution in [3.8, 4) is 11.5 Å². The first-order valence-electron chi connectivity index (χ1n) is 7.55. The van der Waals surface area contributed by atoms with Gasteiger partial charge in [0.05, 0.1) is 13.2 Å². The van der Waals surface area contributed by atoms with Crippen molar-refractivity contribution in [1.82, 2.24) is 5.32 Å². The summed E-state index contributed by atoms with van der Waals surface area (Å²) in [5, 5.41) is 3.06. The molecule has 0 aromatic heterocycles. The van der Waals surface area contributed by atoms with E-state index in [-0.39, 0.29) is 18.6 Å². The van der Waals surface area contributed by atoms with E-state index < -0.39 is 0 Å².